The Balaban J connectivity index is 2.11. The second kappa shape index (κ2) is 7.56. The lowest BCUT2D eigenvalue weighted by Gasteiger charge is -2.22. The summed E-state index contributed by atoms with van der Waals surface area (Å²) in [5, 5.41) is 2.53. The number of hydrogen-bond acceptors (Lipinski definition) is 5. The number of nitrogens with zero attached hydrogens (tertiary/aromatic N) is 2. The molecule has 1 saturated heterocycles. The quantitative estimate of drug-likeness (QED) is 0.472. The zero-order valence-electron chi connectivity index (χ0n) is 16.2. The summed E-state index contributed by atoms with van der Waals surface area (Å²) in [4.78, 5) is 48.7. The zero-order valence-corrected chi connectivity index (χ0v) is 17.0. The molecule has 1 aliphatic heterocycles. The van der Waals surface area contributed by atoms with Crippen LogP contribution in [0, 0.1) is 13.8 Å². The number of hydrogen-bond donors (Lipinski definition) is 1. The summed E-state index contributed by atoms with van der Waals surface area (Å²) in [7, 11) is 2.58. The molecule has 2 aromatic rings. The summed E-state index contributed by atoms with van der Waals surface area (Å²) in [6.45, 7) is 3.62. The Morgan fingerprint density at radius 3 is 2.52 bits per heavy atom. The van der Waals surface area contributed by atoms with E-state index >= 15 is 0 Å². The highest BCUT2D eigenvalue weighted by Gasteiger charge is 2.33. The summed E-state index contributed by atoms with van der Waals surface area (Å²) in [5.74, 6) is -1.94. The van der Waals surface area contributed by atoms with Gasteiger partial charge in [0.25, 0.3) is 11.8 Å². The topological polar surface area (TPSA) is 97.7 Å². The van der Waals surface area contributed by atoms with Gasteiger partial charge in [0, 0.05) is 18.4 Å². The van der Waals surface area contributed by atoms with E-state index in [9.17, 15) is 19.2 Å². The SMILES string of the molecule is COC(=O)c1ccc(Cl)c(-n2c(C)cc(/C=C3/C(=O)NC(=O)N(C)C3=O)c2C)c1. The average Bonchev–Trinajstić information content (AvgIpc) is 2.96. The van der Waals surface area contributed by atoms with Crippen LogP contribution >= 0.6 is 11.6 Å². The van der Waals surface area contributed by atoms with Gasteiger partial charge in [-0.1, -0.05) is 11.6 Å². The van der Waals surface area contributed by atoms with Gasteiger partial charge in [-0.3, -0.25) is 19.8 Å². The van der Waals surface area contributed by atoms with Crippen LogP contribution in [0.25, 0.3) is 11.8 Å². The number of esters is 1. The fourth-order valence-electron chi connectivity index (χ4n) is 3.13. The molecule has 29 heavy (non-hydrogen) atoms. The van der Waals surface area contributed by atoms with Crippen LogP contribution in [0.4, 0.5) is 4.79 Å². The fourth-order valence-corrected chi connectivity index (χ4v) is 3.34. The Morgan fingerprint density at radius 1 is 1.17 bits per heavy atom. The number of aromatic nitrogens is 1. The number of likely N-dealkylation sites (N-methyl/N-ethyl adjacent to an activating group) is 1. The minimum Gasteiger partial charge on any atom is -0.465 e. The molecule has 0 unspecified atom stereocenters. The third-order valence-electron chi connectivity index (χ3n) is 4.68. The summed E-state index contributed by atoms with van der Waals surface area (Å²) >= 11 is 6.35. The Labute approximate surface area is 171 Å². The Hall–Kier alpha value is -3.39. The van der Waals surface area contributed by atoms with Crippen LogP contribution in [0.2, 0.25) is 5.02 Å². The van der Waals surface area contributed by atoms with Crippen LogP contribution in [0.5, 0.6) is 0 Å². The van der Waals surface area contributed by atoms with E-state index in [4.69, 9.17) is 16.3 Å². The summed E-state index contributed by atoms with van der Waals surface area (Å²) < 4.78 is 6.57. The van der Waals surface area contributed by atoms with Crippen molar-refractivity contribution < 1.29 is 23.9 Å². The molecule has 0 radical (unpaired) electrons. The van der Waals surface area contributed by atoms with Crippen LogP contribution in [0.3, 0.4) is 0 Å². The molecule has 8 nitrogen and oxygen atoms in total. The highest BCUT2D eigenvalue weighted by atomic mass is 35.5. The summed E-state index contributed by atoms with van der Waals surface area (Å²) in [6, 6.07) is 5.77. The van der Waals surface area contributed by atoms with Crippen LogP contribution in [0.15, 0.2) is 29.8 Å². The number of rotatable bonds is 3. The molecule has 0 aliphatic carbocycles. The third-order valence-corrected chi connectivity index (χ3v) is 5.00. The molecule has 3 rings (SSSR count). The highest BCUT2D eigenvalue weighted by molar-refractivity contribution is 6.32. The van der Waals surface area contributed by atoms with Crippen molar-refractivity contribution in [3.05, 3.63) is 57.4 Å². The standard InChI is InChI=1S/C20H18ClN3O5/c1-10-7-13(8-14-17(25)22-20(28)23(3)18(14)26)11(2)24(10)16-9-12(19(27)29-4)5-6-15(16)21/h5-9H,1-4H3,(H,22,25,28)/b14-8-. The van der Waals surface area contributed by atoms with Gasteiger partial charge in [0.2, 0.25) is 0 Å². The molecule has 2 heterocycles. The van der Waals surface area contributed by atoms with Gasteiger partial charge in [-0.25, -0.2) is 9.59 Å². The van der Waals surface area contributed by atoms with Crippen molar-refractivity contribution in [1.82, 2.24) is 14.8 Å². The molecular formula is C20H18ClN3O5. The van der Waals surface area contributed by atoms with E-state index in [0.29, 0.717) is 27.5 Å². The number of barbiturate groups is 1. The Morgan fingerprint density at radius 2 is 1.86 bits per heavy atom. The lowest BCUT2D eigenvalue weighted by molar-refractivity contribution is -0.129. The maximum absolute atomic E-state index is 12.3. The van der Waals surface area contributed by atoms with Crippen molar-refractivity contribution >= 4 is 41.5 Å². The minimum atomic E-state index is -0.769. The normalized spacial score (nSPS) is 15.7. The molecule has 0 spiro atoms. The number of amides is 4. The highest BCUT2D eigenvalue weighted by Crippen LogP contribution is 2.29. The van der Waals surface area contributed by atoms with Crippen molar-refractivity contribution in [3.63, 3.8) is 0 Å². The summed E-state index contributed by atoms with van der Waals surface area (Å²) in [5.41, 5.74) is 2.80. The number of urea groups is 1. The number of methoxy groups -OCH3 is 1. The first-order valence-corrected chi connectivity index (χ1v) is 8.95. The lowest BCUT2D eigenvalue weighted by atomic mass is 10.1. The van der Waals surface area contributed by atoms with Crippen LogP contribution in [-0.4, -0.2) is 47.4 Å². The van der Waals surface area contributed by atoms with Crippen molar-refractivity contribution in [1.29, 1.82) is 0 Å². The molecule has 1 fully saturated rings. The predicted octanol–water partition coefficient (Wildman–Crippen LogP) is 2.63. The van der Waals surface area contributed by atoms with Gasteiger partial charge in [-0.05, 0) is 49.8 Å². The van der Waals surface area contributed by atoms with Crippen molar-refractivity contribution in [2.24, 2.45) is 0 Å². The first-order valence-electron chi connectivity index (χ1n) is 8.58. The van der Waals surface area contributed by atoms with E-state index in [1.54, 1.807) is 35.8 Å². The van der Waals surface area contributed by atoms with Gasteiger partial charge < -0.3 is 9.30 Å². The van der Waals surface area contributed by atoms with Gasteiger partial charge in [0.1, 0.15) is 5.57 Å². The summed E-state index contributed by atoms with van der Waals surface area (Å²) in [6.07, 6.45) is 1.43. The van der Waals surface area contributed by atoms with Gasteiger partial charge in [0.15, 0.2) is 0 Å². The molecule has 1 aromatic carbocycles. The number of halogens is 1. The maximum atomic E-state index is 12.3. The molecule has 1 N–H and O–H groups in total. The molecule has 1 aromatic heterocycles. The van der Waals surface area contributed by atoms with Crippen molar-refractivity contribution in [2.45, 2.75) is 13.8 Å². The lowest BCUT2D eigenvalue weighted by Crippen LogP contribution is -2.52. The predicted molar refractivity (Wildman–Crippen MR) is 106 cm³/mol. The Kier molecular flexibility index (Phi) is 5.30. The fraction of sp³-hybridized carbons (Fsp3) is 0.200. The second-order valence-electron chi connectivity index (χ2n) is 6.50. The van der Waals surface area contributed by atoms with Crippen LogP contribution in [0.1, 0.15) is 27.3 Å². The largest absolute Gasteiger partial charge is 0.465 e. The van der Waals surface area contributed by atoms with E-state index < -0.39 is 23.8 Å². The van der Waals surface area contributed by atoms with Gasteiger partial charge in [-0.2, -0.15) is 0 Å². The molecule has 1 aliphatic rings. The van der Waals surface area contributed by atoms with E-state index in [1.165, 1.54) is 20.2 Å². The monoisotopic (exact) mass is 415 g/mol. The number of nitrogens with one attached hydrogen (secondary N) is 1. The molecular weight excluding hydrogens is 398 g/mol. The Bertz CT molecular complexity index is 1100. The van der Waals surface area contributed by atoms with E-state index in [2.05, 4.69) is 5.32 Å². The number of benzene rings is 1. The second-order valence-corrected chi connectivity index (χ2v) is 6.91. The molecule has 0 atom stereocenters. The molecule has 150 valence electrons. The van der Waals surface area contributed by atoms with Gasteiger partial charge >= 0.3 is 12.0 Å². The van der Waals surface area contributed by atoms with Gasteiger partial charge in [-0.15, -0.1) is 0 Å². The van der Waals surface area contributed by atoms with Crippen LogP contribution < -0.4 is 5.32 Å². The number of ether oxygens (including phenoxy) is 1. The zero-order chi connectivity index (χ0) is 21.5. The molecule has 0 bridgehead atoms. The molecule has 4 amide bonds. The molecule has 9 heteroatoms. The average molecular weight is 416 g/mol. The van der Waals surface area contributed by atoms with E-state index in [-0.39, 0.29) is 5.57 Å². The third kappa shape index (κ3) is 3.54. The van der Waals surface area contributed by atoms with E-state index in [0.717, 1.165) is 10.6 Å². The molecule has 0 saturated carbocycles. The van der Waals surface area contributed by atoms with E-state index in [1.807, 2.05) is 6.92 Å². The maximum Gasteiger partial charge on any atom is 0.337 e. The van der Waals surface area contributed by atoms with Crippen molar-refractivity contribution in [2.75, 3.05) is 14.2 Å². The number of imide groups is 2. The first-order chi connectivity index (χ1) is 13.6. The smallest absolute Gasteiger partial charge is 0.337 e. The first kappa shape index (κ1) is 20.3. The minimum absolute atomic E-state index is 0.151. The van der Waals surface area contributed by atoms with Gasteiger partial charge in [0.05, 0.1) is 23.4 Å². The number of carbonyl (C=O) groups excluding carboxylic acids is 4. The van der Waals surface area contributed by atoms with Crippen molar-refractivity contribution in [3.8, 4) is 5.69 Å². The number of aryl methyl sites for hydroxylation is 1. The van der Waals surface area contributed by atoms with Crippen LogP contribution in [-0.2, 0) is 14.3 Å². The number of carbonyl (C=O) groups is 4.